The van der Waals surface area contributed by atoms with Gasteiger partial charge in [-0.05, 0) is 77.0 Å². The molecule has 1 rings (SSSR count). The van der Waals surface area contributed by atoms with Crippen LogP contribution in [0.5, 0.6) is 0 Å². The first-order valence-electron chi connectivity index (χ1n) is 24.7. The second-order valence-corrected chi connectivity index (χ2v) is 16.9. The molecule has 10 nitrogen and oxygen atoms in total. The van der Waals surface area contributed by atoms with Crippen molar-refractivity contribution in [1.29, 1.82) is 0 Å². The fourth-order valence-corrected chi connectivity index (χ4v) is 7.25. The van der Waals surface area contributed by atoms with Crippen LogP contribution < -0.4 is 0 Å². The minimum Gasteiger partial charge on any atom is -0.462 e. The van der Waals surface area contributed by atoms with Gasteiger partial charge in [0.15, 0.2) is 12.4 Å². The van der Waals surface area contributed by atoms with E-state index in [1.54, 1.807) is 0 Å². The van der Waals surface area contributed by atoms with Gasteiger partial charge in [-0.3, -0.25) is 9.59 Å². The molecule has 0 aromatic carbocycles. The molecule has 0 amide bonds. The number of hydrogen-bond donors (Lipinski definition) is 4. The molecule has 61 heavy (non-hydrogen) atoms. The second-order valence-electron chi connectivity index (χ2n) is 16.9. The van der Waals surface area contributed by atoms with Crippen molar-refractivity contribution >= 4 is 11.9 Å². The molecule has 6 atom stereocenters. The maximum atomic E-state index is 12.8. The number of unbranched alkanes of at least 4 members (excludes halogenated alkanes) is 22. The summed E-state index contributed by atoms with van der Waals surface area (Å²) in [6.07, 6.45) is 42.5. The highest BCUT2D eigenvalue weighted by atomic mass is 16.7. The summed E-state index contributed by atoms with van der Waals surface area (Å²) in [5.74, 6) is -0.818. The summed E-state index contributed by atoms with van der Waals surface area (Å²) in [7, 11) is 0. The molecule has 4 N–H and O–H groups in total. The molecule has 1 fully saturated rings. The molecule has 354 valence electrons. The zero-order valence-electron chi connectivity index (χ0n) is 38.7. The lowest BCUT2D eigenvalue weighted by Gasteiger charge is -2.39. The van der Waals surface area contributed by atoms with Gasteiger partial charge in [-0.2, -0.15) is 0 Å². The molecule has 0 aliphatic carbocycles. The van der Waals surface area contributed by atoms with Gasteiger partial charge in [-0.1, -0.05) is 165 Å². The molecular formula is C51H90O10. The molecule has 0 bridgehead atoms. The van der Waals surface area contributed by atoms with Crippen LogP contribution in [0.2, 0.25) is 0 Å². The summed E-state index contributed by atoms with van der Waals surface area (Å²) in [6.45, 7) is 3.37. The highest BCUT2D eigenvalue weighted by Crippen LogP contribution is 2.23. The normalized spacial score (nSPS) is 20.1. The van der Waals surface area contributed by atoms with Crippen LogP contribution in [0.1, 0.15) is 206 Å². The van der Waals surface area contributed by atoms with Gasteiger partial charge in [0.05, 0.1) is 13.2 Å². The largest absolute Gasteiger partial charge is 0.462 e. The number of rotatable bonds is 41. The van der Waals surface area contributed by atoms with Crippen molar-refractivity contribution in [1.82, 2.24) is 0 Å². The number of aliphatic hydroxyl groups is 4. The van der Waals surface area contributed by atoms with E-state index >= 15 is 0 Å². The molecule has 0 radical (unpaired) electrons. The Balaban J connectivity index is 2.29. The van der Waals surface area contributed by atoms with Crippen molar-refractivity contribution in [3.05, 3.63) is 48.6 Å². The maximum Gasteiger partial charge on any atom is 0.306 e. The number of hydrogen-bond acceptors (Lipinski definition) is 10. The van der Waals surface area contributed by atoms with Gasteiger partial charge in [-0.15, -0.1) is 0 Å². The minimum absolute atomic E-state index is 0.222. The van der Waals surface area contributed by atoms with Gasteiger partial charge in [0, 0.05) is 12.8 Å². The number of aliphatic hydroxyl groups excluding tert-OH is 4. The Hall–Kier alpha value is -2.34. The number of allylic oxidation sites excluding steroid dienone is 8. The number of carbonyl (C=O) groups is 2. The molecule has 1 aliphatic rings. The van der Waals surface area contributed by atoms with E-state index < -0.39 is 49.4 Å². The molecule has 0 spiro atoms. The van der Waals surface area contributed by atoms with Crippen LogP contribution in [0.4, 0.5) is 0 Å². The number of carbonyl (C=O) groups excluding carboxylic acids is 2. The Bertz CT molecular complexity index is 1130. The SMILES string of the molecule is CCCCC/C=C/C/C=C/CCCCCCCCCCCC(=O)O[C@H](COC(=O)CCCCCCCCC/C=C/C/C=C/CCCCC)CO[C@@H]1O[C@H](CO)[C@H](O)C(O)C1O. The first-order valence-corrected chi connectivity index (χ1v) is 24.7. The summed E-state index contributed by atoms with van der Waals surface area (Å²) >= 11 is 0. The van der Waals surface area contributed by atoms with E-state index in [0.29, 0.717) is 12.8 Å². The summed E-state index contributed by atoms with van der Waals surface area (Å²) in [6, 6.07) is 0. The van der Waals surface area contributed by atoms with Gasteiger partial charge in [0.25, 0.3) is 0 Å². The molecule has 0 saturated carbocycles. The van der Waals surface area contributed by atoms with Gasteiger partial charge in [-0.25, -0.2) is 0 Å². The van der Waals surface area contributed by atoms with E-state index in [0.717, 1.165) is 64.2 Å². The van der Waals surface area contributed by atoms with Crippen molar-refractivity contribution < 1.29 is 49.0 Å². The first-order chi connectivity index (χ1) is 29.8. The predicted molar refractivity (Wildman–Crippen MR) is 247 cm³/mol. The molecule has 1 heterocycles. The Labute approximate surface area is 371 Å². The maximum absolute atomic E-state index is 12.8. The van der Waals surface area contributed by atoms with Crippen molar-refractivity contribution in [3.63, 3.8) is 0 Å². The standard InChI is InChI=1S/C51H90O10/c1-3-5-7-9-11-13-15-17-19-21-22-24-26-28-30-32-34-36-38-40-47(54)60-44(43-59-51-50(57)49(56)48(55)45(41-52)61-51)42-58-46(53)39-37-35-33-31-29-27-25-23-20-18-16-14-12-10-8-6-4-2/h11-14,17-20,44-45,48-52,55-57H,3-10,15-16,21-43H2,1-2H3/b13-11+,14-12+,19-17+,20-18+/t44-,45-,48+,49?,50?,51-/m1/s1. The van der Waals surface area contributed by atoms with Crippen molar-refractivity contribution in [2.45, 2.75) is 243 Å². The van der Waals surface area contributed by atoms with Crippen LogP contribution in [0, 0.1) is 0 Å². The Morgan fingerprint density at radius 2 is 0.918 bits per heavy atom. The quantitative estimate of drug-likeness (QED) is 0.0265. The van der Waals surface area contributed by atoms with E-state index in [1.807, 2.05) is 0 Å². The molecule has 0 aromatic heterocycles. The van der Waals surface area contributed by atoms with E-state index in [9.17, 15) is 30.0 Å². The van der Waals surface area contributed by atoms with Gasteiger partial charge < -0.3 is 39.4 Å². The average Bonchev–Trinajstić information content (AvgIpc) is 3.26. The Kier molecular flexibility index (Phi) is 38.7. The van der Waals surface area contributed by atoms with E-state index in [-0.39, 0.29) is 32.0 Å². The first kappa shape index (κ1) is 56.7. The molecule has 1 saturated heterocycles. The van der Waals surface area contributed by atoms with Crippen LogP contribution in [0.3, 0.4) is 0 Å². The van der Waals surface area contributed by atoms with Gasteiger partial charge in [0.1, 0.15) is 31.0 Å². The highest BCUT2D eigenvalue weighted by molar-refractivity contribution is 5.70. The van der Waals surface area contributed by atoms with Crippen LogP contribution >= 0.6 is 0 Å². The fourth-order valence-electron chi connectivity index (χ4n) is 7.25. The Morgan fingerprint density at radius 1 is 0.508 bits per heavy atom. The fraction of sp³-hybridized carbons (Fsp3) is 0.804. The lowest BCUT2D eigenvalue weighted by atomic mass is 9.99. The zero-order valence-corrected chi connectivity index (χ0v) is 38.7. The van der Waals surface area contributed by atoms with Crippen LogP contribution in [-0.4, -0.2) is 89.0 Å². The van der Waals surface area contributed by atoms with Gasteiger partial charge >= 0.3 is 11.9 Å². The van der Waals surface area contributed by atoms with Crippen molar-refractivity contribution in [2.75, 3.05) is 19.8 Å². The molecule has 1 aliphatic heterocycles. The lowest BCUT2D eigenvalue weighted by molar-refractivity contribution is -0.305. The van der Waals surface area contributed by atoms with Crippen LogP contribution in [0.25, 0.3) is 0 Å². The Morgan fingerprint density at radius 3 is 1.36 bits per heavy atom. The average molecular weight is 863 g/mol. The topological polar surface area (TPSA) is 152 Å². The zero-order chi connectivity index (χ0) is 44.4. The van der Waals surface area contributed by atoms with E-state index in [2.05, 4.69) is 62.5 Å². The minimum atomic E-state index is -1.60. The lowest BCUT2D eigenvalue weighted by Crippen LogP contribution is -2.59. The molecule has 10 heteroatoms. The summed E-state index contributed by atoms with van der Waals surface area (Å²) < 4.78 is 22.2. The molecule has 2 unspecified atom stereocenters. The van der Waals surface area contributed by atoms with Crippen LogP contribution in [-0.2, 0) is 28.5 Å². The number of esters is 2. The van der Waals surface area contributed by atoms with Gasteiger partial charge in [0.2, 0.25) is 0 Å². The summed E-state index contributed by atoms with van der Waals surface area (Å²) in [4.78, 5) is 25.4. The summed E-state index contributed by atoms with van der Waals surface area (Å²) in [5, 5.41) is 40.2. The smallest absolute Gasteiger partial charge is 0.306 e. The third kappa shape index (κ3) is 32.9. The van der Waals surface area contributed by atoms with Crippen molar-refractivity contribution in [3.8, 4) is 0 Å². The predicted octanol–water partition coefficient (Wildman–Crippen LogP) is 11.2. The van der Waals surface area contributed by atoms with Crippen LogP contribution in [0.15, 0.2) is 48.6 Å². The second kappa shape index (κ2) is 41.7. The monoisotopic (exact) mass is 863 g/mol. The highest BCUT2D eigenvalue weighted by Gasteiger charge is 2.44. The third-order valence-corrected chi connectivity index (χ3v) is 11.2. The summed E-state index contributed by atoms with van der Waals surface area (Å²) in [5.41, 5.74) is 0. The van der Waals surface area contributed by atoms with Crippen molar-refractivity contribution in [2.24, 2.45) is 0 Å². The molecule has 0 aromatic rings. The van der Waals surface area contributed by atoms with E-state index in [4.69, 9.17) is 18.9 Å². The number of ether oxygens (including phenoxy) is 4. The third-order valence-electron chi connectivity index (χ3n) is 11.2. The van der Waals surface area contributed by atoms with E-state index in [1.165, 1.54) is 103 Å². The molecular weight excluding hydrogens is 773 g/mol.